The molecule has 4 nitrogen and oxygen atoms in total. The summed E-state index contributed by atoms with van der Waals surface area (Å²) >= 11 is 1.69. The number of ether oxygens (including phenoxy) is 2. The van der Waals surface area contributed by atoms with Crippen molar-refractivity contribution >= 4 is 28.6 Å². The highest BCUT2D eigenvalue weighted by Crippen LogP contribution is 2.32. The van der Waals surface area contributed by atoms with Gasteiger partial charge in [0.25, 0.3) is 6.43 Å². The van der Waals surface area contributed by atoms with E-state index in [0.717, 1.165) is 0 Å². The number of methoxy groups -OCH3 is 1. The van der Waals surface area contributed by atoms with Crippen LogP contribution in [0.15, 0.2) is 6.20 Å². The molecular weight excluding hydrogens is 347 g/mol. The maximum atomic E-state index is 12.9. The summed E-state index contributed by atoms with van der Waals surface area (Å²) in [7, 11) is 1.26. The van der Waals surface area contributed by atoms with Crippen LogP contribution in [-0.2, 0) is 4.74 Å². The third kappa shape index (κ3) is 3.02. The zero-order valence-electron chi connectivity index (χ0n) is 9.17. The summed E-state index contributed by atoms with van der Waals surface area (Å²) in [5, 5.41) is 0. The van der Waals surface area contributed by atoms with Crippen molar-refractivity contribution < 1.29 is 23.0 Å². The molecule has 0 spiro atoms. The lowest BCUT2D eigenvalue weighted by Gasteiger charge is -2.12. The predicted octanol–water partition coefficient (Wildman–Crippen LogP) is 2.81. The fourth-order valence-electron chi connectivity index (χ4n) is 1.25. The van der Waals surface area contributed by atoms with Crippen LogP contribution in [0.4, 0.5) is 8.78 Å². The molecule has 0 atom stereocenters. The van der Waals surface area contributed by atoms with Gasteiger partial charge in [-0.25, -0.2) is 18.6 Å². The highest BCUT2D eigenvalue weighted by molar-refractivity contribution is 14.1. The largest absolute Gasteiger partial charge is 0.480 e. The van der Waals surface area contributed by atoms with Crippen molar-refractivity contribution in [1.82, 2.24) is 4.98 Å². The Labute approximate surface area is 110 Å². The van der Waals surface area contributed by atoms with Crippen LogP contribution in [0.2, 0.25) is 0 Å². The second-order valence-corrected chi connectivity index (χ2v) is 4.09. The Hall–Kier alpha value is -0.990. The van der Waals surface area contributed by atoms with Crippen molar-refractivity contribution in [2.45, 2.75) is 13.3 Å². The van der Waals surface area contributed by atoms with Gasteiger partial charge < -0.3 is 9.47 Å². The molecule has 0 unspecified atom stereocenters. The van der Waals surface area contributed by atoms with Crippen LogP contribution in [0, 0.1) is 3.57 Å². The Balaban J connectivity index is 3.40. The fraction of sp³-hybridized carbons (Fsp3) is 0.400. The van der Waals surface area contributed by atoms with Crippen LogP contribution in [0.3, 0.4) is 0 Å². The molecule has 1 rings (SSSR count). The zero-order valence-corrected chi connectivity index (χ0v) is 11.3. The van der Waals surface area contributed by atoms with Crippen LogP contribution in [-0.4, -0.2) is 24.7 Å². The average molecular weight is 357 g/mol. The molecule has 0 fully saturated rings. The number of hydrogen-bond acceptors (Lipinski definition) is 4. The van der Waals surface area contributed by atoms with Crippen molar-refractivity contribution in [3.8, 4) is 5.88 Å². The lowest BCUT2D eigenvalue weighted by molar-refractivity contribution is 0.0509. The minimum absolute atomic E-state index is 0.0934. The highest BCUT2D eigenvalue weighted by atomic mass is 127. The molecule has 0 aromatic carbocycles. The molecule has 0 radical (unpaired) electrons. The second-order valence-electron chi connectivity index (χ2n) is 2.93. The molecule has 0 bridgehead atoms. The number of carbonyl (C=O) groups excluding carboxylic acids is 1. The van der Waals surface area contributed by atoms with Crippen LogP contribution in [0.1, 0.15) is 29.3 Å². The smallest absolute Gasteiger partial charge is 0.344 e. The molecule has 1 aromatic heterocycles. The summed E-state index contributed by atoms with van der Waals surface area (Å²) in [5.41, 5.74) is -0.716. The third-order valence-electron chi connectivity index (χ3n) is 1.93. The summed E-state index contributed by atoms with van der Waals surface area (Å²) in [6.45, 7) is 1.68. The van der Waals surface area contributed by atoms with Gasteiger partial charge >= 0.3 is 5.97 Å². The fourth-order valence-corrected chi connectivity index (χ4v) is 1.90. The Kier molecular flexibility index (Phi) is 5.03. The summed E-state index contributed by atoms with van der Waals surface area (Å²) in [5.74, 6) is -1.01. The van der Waals surface area contributed by atoms with E-state index in [1.807, 2.05) is 0 Å². The molecule has 7 heteroatoms. The van der Waals surface area contributed by atoms with Crippen molar-refractivity contribution in [2.75, 3.05) is 13.7 Å². The number of carbonyl (C=O) groups is 1. The minimum Gasteiger partial charge on any atom is -0.480 e. The van der Waals surface area contributed by atoms with Gasteiger partial charge in [-0.1, -0.05) is 0 Å². The lowest BCUT2D eigenvalue weighted by Crippen LogP contribution is -2.13. The number of rotatable bonds is 4. The number of nitrogens with zero attached hydrogens (tertiary/aromatic N) is 1. The Morgan fingerprint density at radius 1 is 1.59 bits per heavy atom. The number of aromatic nitrogens is 1. The predicted molar refractivity (Wildman–Crippen MR) is 64.4 cm³/mol. The van der Waals surface area contributed by atoms with Gasteiger partial charge in [-0.15, -0.1) is 0 Å². The Morgan fingerprint density at radius 2 is 2.24 bits per heavy atom. The summed E-state index contributed by atoms with van der Waals surface area (Å²) in [4.78, 5) is 15.4. The van der Waals surface area contributed by atoms with E-state index in [0.29, 0.717) is 0 Å². The molecule has 0 saturated carbocycles. The van der Waals surface area contributed by atoms with E-state index in [1.54, 1.807) is 29.5 Å². The van der Waals surface area contributed by atoms with Gasteiger partial charge in [-0.3, -0.25) is 0 Å². The van der Waals surface area contributed by atoms with Gasteiger partial charge in [0.2, 0.25) is 5.88 Å². The van der Waals surface area contributed by atoms with E-state index in [9.17, 15) is 13.6 Å². The van der Waals surface area contributed by atoms with Crippen molar-refractivity contribution in [3.63, 3.8) is 0 Å². The van der Waals surface area contributed by atoms with E-state index in [2.05, 4.69) is 4.98 Å². The van der Waals surface area contributed by atoms with Gasteiger partial charge in [-0.2, -0.15) is 0 Å². The Bertz CT molecular complexity index is 426. The number of esters is 1. The molecule has 94 valence electrons. The zero-order chi connectivity index (χ0) is 13.0. The lowest BCUT2D eigenvalue weighted by atomic mass is 10.1. The standard InChI is InChI=1S/C10H10F2INO3/c1-3-17-10(15)7-6(8(11)12)5(13)4-14-9(7)16-2/h4,8H,3H2,1-2H3. The van der Waals surface area contributed by atoms with Crippen molar-refractivity contribution in [3.05, 3.63) is 20.9 Å². The SMILES string of the molecule is CCOC(=O)c1c(OC)ncc(I)c1C(F)F. The van der Waals surface area contributed by atoms with Crippen molar-refractivity contribution in [1.29, 1.82) is 0 Å². The third-order valence-corrected chi connectivity index (χ3v) is 2.79. The van der Waals surface area contributed by atoms with Crippen LogP contribution in [0.5, 0.6) is 5.88 Å². The van der Waals surface area contributed by atoms with E-state index < -0.39 is 18.0 Å². The normalized spacial score (nSPS) is 10.5. The van der Waals surface area contributed by atoms with Crippen molar-refractivity contribution in [2.24, 2.45) is 0 Å². The molecule has 0 N–H and O–H groups in total. The van der Waals surface area contributed by atoms with Gasteiger partial charge in [0.1, 0.15) is 5.56 Å². The number of hydrogen-bond donors (Lipinski definition) is 0. The highest BCUT2D eigenvalue weighted by Gasteiger charge is 2.27. The molecule has 0 aliphatic heterocycles. The first-order chi connectivity index (χ1) is 8.02. The maximum Gasteiger partial charge on any atom is 0.344 e. The second kappa shape index (κ2) is 6.08. The molecule has 0 aliphatic rings. The monoisotopic (exact) mass is 357 g/mol. The molecule has 17 heavy (non-hydrogen) atoms. The molecule has 0 amide bonds. The first-order valence-electron chi connectivity index (χ1n) is 4.70. The number of alkyl halides is 2. The van der Waals surface area contributed by atoms with Crippen LogP contribution in [0.25, 0.3) is 0 Å². The first-order valence-corrected chi connectivity index (χ1v) is 5.78. The van der Waals surface area contributed by atoms with Gasteiger partial charge in [-0.05, 0) is 29.5 Å². The van der Waals surface area contributed by atoms with E-state index in [1.165, 1.54) is 13.3 Å². The molecule has 0 aliphatic carbocycles. The maximum absolute atomic E-state index is 12.9. The summed E-state index contributed by atoms with van der Waals surface area (Å²) in [6, 6.07) is 0. The minimum atomic E-state index is -2.79. The Morgan fingerprint density at radius 3 is 2.71 bits per heavy atom. The van der Waals surface area contributed by atoms with Crippen LogP contribution < -0.4 is 4.74 Å². The molecule has 1 heterocycles. The molecule has 0 saturated heterocycles. The van der Waals surface area contributed by atoms with Gasteiger partial charge in [0.15, 0.2) is 0 Å². The van der Waals surface area contributed by atoms with E-state index >= 15 is 0 Å². The summed E-state index contributed by atoms with van der Waals surface area (Å²) < 4.78 is 35.5. The van der Waals surface area contributed by atoms with E-state index in [4.69, 9.17) is 9.47 Å². The first kappa shape index (κ1) is 14.1. The average Bonchev–Trinajstić information content (AvgIpc) is 2.28. The van der Waals surface area contributed by atoms with Gasteiger partial charge in [0.05, 0.1) is 19.3 Å². The molecule has 1 aromatic rings. The van der Waals surface area contributed by atoms with Crippen LogP contribution >= 0.6 is 22.6 Å². The van der Waals surface area contributed by atoms with Gasteiger partial charge in [0, 0.05) is 9.77 Å². The number of pyridine rings is 1. The topological polar surface area (TPSA) is 48.4 Å². The molecular formula is C10H10F2INO3. The van der Waals surface area contributed by atoms with E-state index in [-0.39, 0.29) is 21.6 Å². The summed E-state index contributed by atoms with van der Waals surface area (Å²) in [6.07, 6.45) is -1.57. The quantitative estimate of drug-likeness (QED) is 0.614. The number of halogens is 3.